The number of aliphatic hydroxyl groups is 1. The maximum Gasteiger partial charge on any atom is 0.226 e. The van der Waals surface area contributed by atoms with E-state index in [9.17, 15) is 9.90 Å². The molecule has 28 heavy (non-hydrogen) atoms. The first kappa shape index (κ1) is 21.7. The molecule has 4 N–H and O–H groups in total. The van der Waals surface area contributed by atoms with Gasteiger partial charge in [-0.1, -0.05) is 48.0 Å². The molecule has 0 saturated carbocycles. The number of nitrogens with zero attached hydrogens (tertiary/aromatic N) is 1. The molecule has 0 aliphatic carbocycles. The number of carbonyl (C=O) groups is 1. The van der Waals surface area contributed by atoms with Crippen molar-refractivity contribution in [3.8, 4) is 0 Å². The van der Waals surface area contributed by atoms with E-state index >= 15 is 0 Å². The van der Waals surface area contributed by atoms with Gasteiger partial charge in [-0.2, -0.15) is 0 Å². The molecule has 2 aromatic carbocycles. The molecule has 0 aliphatic heterocycles. The number of benzene rings is 2. The maximum absolute atomic E-state index is 12.1. The van der Waals surface area contributed by atoms with Crippen LogP contribution in [0.1, 0.15) is 23.5 Å². The minimum Gasteiger partial charge on any atom is -0.396 e. The lowest BCUT2D eigenvalue weighted by Crippen LogP contribution is -2.41. The van der Waals surface area contributed by atoms with E-state index in [1.165, 1.54) is 0 Å². The molecule has 1 atom stereocenters. The highest BCUT2D eigenvalue weighted by atomic mass is 35.5. The number of nitrogens with one attached hydrogen (secondary N) is 3. The summed E-state index contributed by atoms with van der Waals surface area (Å²) >= 11 is 6.14. The van der Waals surface area contributed by atoms with Crippen LogP contribution in [-0.2, 0) is 4.79 Å². The van der Waals surface area contributed by atoms with Crippen molar-refractivity contribution >= 4 is 29.2 Å². The van der Waals surface area contributed by atoms with Crippen LogP contribution >= 0.6 is 11.6 Å². The third-order valence-corrected chi connectivity index (χ3v) is 4.59. The molecule has 0 bridgehead atoms. The lowest BCUT2D eigenvalue weighted by molar-refractivity contribution is -0.116. The normalized spacial score (nSPS) is 12.4. The number of halogens is 1. The van der Waals surface area contributed by atoms with E-state index in [0.717, 1.165) is 11.1 Å². The standard InChI is InChI=1S/C21H27ClN4O2/c1-15-8-9-19(18(22)12-15)26-20(28)10-11-24-21(23-2)25-13-17(14-27)16-6-4-3-5-7-16/h3-9,12,17,27H,10-11,13-14H2,1-2H3,(H,26,28)(H2,23,24,25). The largest absolute Gasteiger partial charge is 0.396 e. The van der Waals surface area contributed by atoms with Gasteiger partial charge in [0.25, 0.3) is 0 Å². The van der Waals surface area contributed by atoms with Gasteiger partial charge < -0.3 is 21.1 Å². The molecule has 2 aromatic rings. The summed E-state index contributed by atoms with van der Waals surface area (Å²) in [4.78, 5) is 16.3. The van der Waals surface area contributed by atoms with Gasteiger partial charge in [0.15, 0.2) is 5.96 Å². The smallest absolute Gasteiger partial charge is 0.226 e. The van der Waals surface area contributed by atoms with Gasteiger partial charge in [0.1, 0.15) is 0 Å². The Bertz CT molecular complexity index is 796. The number of aryl methyl sites for hydroxylation is 1. The Hall–Kier alpha value is -2.57. The second-order valence-corrected chi connectivity index (χ2v) is 6.86. The highest BCUT2D eigenvalue weighted by Gasteiger charge is 2.11. The third kappa shape index (κ3) is 6.87. The van der Waals surface area contributed by atoms with Gasteiger partial charge >= 0.3 is 0 Å². The van der Waals surface area contributed by atoms with Crippen LogP contribution in [0.5, 0.6) is 0 Å². The molecule has 0 heterocycles. The lowest BCUT2D eigenvalue weighted by atomic mass is 10.0. The van der Waals surface area contributed by atoms with Crippen LogP contribution in [0.4, 0.5) is 5.69 Å². The topological polar surface area (TPSA) is 85.8 Å². The van der Waals surface area contributed by atoms with Crippen molar-refractivity contribution in [2.45, 2.75) is 19.3 Å². The van der Waals surface area contributed by atoms with Crippen LogP contribution in [0.25, 0.3) is 0 Å². The van der Waals surface area contributed by atoms with Gasteiger partial charge in [-0.3, -0.25) is 9.79 Å². The van der Waals surface area contributed by atoms with E-state index in [0.29, 0.717) is 29.8 Å². The summed E-state index contributed by atoms with van der Waals surface area (Å²) in [5.41, 5.74) is 2.70. The Balaban J connectivity index is 1.76. The van der Waals surface area contributed by atoms with Crippen molar-refractivity contribution in [2.75, 3.05) is 32.1 Å². The van der Waals surface area contributed by atoms with Gasteiger partial charge in [0.2, 0.25) is 5.91 Å². The van der Waals surface area contributed by atoms with Crippen LogP contribution in [0, 0.1) is 6.92 Å². The summed E-state index contributed by atoms with van der Waals surface area (Å²) in [6.45, 7) is 2.93. The fraction of sp³-hybridized carbons (Fsp3) is 0.333. The van der Waals surface area contributed by atoms with Crippen molar-refractivity contribution in [3.05, 3.63) is 64.7 Å². The number of aliphatic imine (C=N–C) groups is 1. The molecule has 150 valence electrons. The number of rotatable bonds is 8. The van der Waals surface area contributed by atoms with Crippen LogP contribution in [0.2, 0.25) is 5.02 Å². The zero-order valence-corrected chi connectivity index (χ0v) is 17.0. The highest BCUT2D eigenvalue weighted by Crippen LogP contribution is 2.22. The van der Waals surface area contributed by atoms with E-state index in [4.69, 9.17) is 11.6 Å². The van der Waals surface area contributed by atoms with Gasteiger partial charge in [0.05, 0.1) is 17.3 Å². The fourth-order valence-electron chi connectivity index (χ4n) is 2.68. The third-order valence-electron chi connectivity index (χ3n) is 4.27. The molecular weight excluding hydrogens is 376 g/mol. The van der Waals surface area contributed by atoms with Crippen LogP contribution in [0.3, 0.4) is 0 Å². The van der Waals surface area contributed by atoms with Crippen molar-refractivity contribution in [1.82, 2.24) is 10.6 Å². The Kier molecular flexibility index (Phi) is 8.78. The fourth-order valence-corrected chi connectivity index (χ4v) is 2.96. The zero-order valence-electron chi connectivity index (χ0n) is 16.2. The predicted octanol–water partition coefficient (Wildman–Crippen LogP) is 2.92. The van der Waals surface area contributed by atoms with E-state index in [2.05, 4.69) is 20.9 Å². The Morgan fingerprint density at radius 1 is 1.18 bits per heavy atom. The summed E-state index contributed by atoms with van der Waals surface area (Å²) in [7, 11) is 1.66. The number of hydrogen-bond donors (Lipinski definition) is 4. The number of guanidine groups is 1. The maximum atomic E-state index is 12.1. The van der Waals surface area contributed by atoms with Gasteiger partial charge in [-0.25, -0.2) is 0 Å². The highest BCUT2D eigenvalue weighted by molar-refractivity contribution is 6.33. The molecule has 1 amide bonds. The van der Waals surface area contributed by atoms with Gasteiger partial charge in [-0.05, 0) is 30.2 Å². The van der Waals surface area contributed by atoms with Crippen LogP contribution in [-0.4, -0.2) is 43.7 Å². The Morgan fingerprint density at radius 2 is 1.93 bits per heavy atom. The van der Waals surface area contributed by atoms with Gasteiger partial charge in [0, 0.05) is 32.5 Å². The van der Waals surface area contributed by atoms with E-state index in [1.807, 2.05) is 49.4 Å². The summed E-state index contributed by atoms with van der Waals surface area (Å²) in [5.74, 6) is 0.411. The van der Waals surface area contributed by atoms with E-state index < -0.39 is 0 Å². The minimum atomic E-state index is -0.133. The van der Waals surface area contributed by atoms with Crippen LogP contribution < -0.4 is 16.0 Å². The van der Waals surface area contributed by atoms with Crippen LogP contribution in [0.15, 0.2) is 53.5 Å². The number of hydrogen-bond acceptors (Lipinski definition) is 3. The first-order valence-electron chi connectivity index (χ1n) is 9.19. The second-order valence-electron chi connectivity index (χ2n) is 6.45. The number of anilines is 1. The molecule has 0 radical (unpaired) electrons. The average molecular weight is 403 g/mol. The number of amides is 1. The molecule has 0 aromatic heterocycles. The molecule has 0 fully saturated rings. The number of carbonyl (C=O) groups excluding carboxylic acids is 1. The number of aliphatic hydroxyl groups excluding tert-OH is 1. The molecule has 2 rings (SSSR count). The quantitative estimate of drug-likeness (QED) is 0.404. The monoisotopic (exact) mass is 402 g/mol. The second kappa shape index (κ2) is 11.3. The average Bonchev–Trinajstić information content (AvgIpc) is 2.70. The summed E-state index contributed by atoms with van der Waals surface area (Å²) in [6.07, 6.45) is 0.271. The van der Waals surface area contributed by atoms with Crippen molar-refractivity contribution in [2.24, 2.45) is 4.99 Å². The van der Waals surface area contributed by atoms with Crippen molar-refractivity contribution in [1.29, 1.82) is 0 Å². The van der Waals surface area contributed by atoms with Crippen molar-refractivity contribution in [3.63, 3.8) is 0 Å². The lowest BCUT2D eigenvalue weighted by Gasteiger charge is -2.18. The van der Waals surface area contributed by atoms with Gasteiger partial charge in [-0.15, -0.1) is 0 Å². The molecule has 6 nitrogen and oxygen atoms in total. The minimum absolute atomic E-state index is 0.0354. The van der Waals surface area contributed by atoms with E-state index in [1.54, 1.807) is 13.1 Å². The summed E-state index contributed by atoms with van der Waals surface area (Å²) in [6, 6.07) is 15.3. The Labute approximate surface area is 171 Å². The van der Waals surface area contributed by atoms with Crippen molar-refractivity contribution < 1.29 is 9.90 Å². The molecule has 1 unspecified atom stereocenters. The molecule has 0 aliphatic rings. The summed E-state index contributed by atoms with van der Waals surface area (Å²) in [5, 5.41) is 19.2. The predicted molar refractivity (Wildman–Crippen MR) is 115 cm³/mol. The first-order valence-corrected chi connectivity index (χ1v) is 9.57. The SMILES string of the molecule is CN=C(NCCC(=O)Nc1ccc(C)cc1Cl)NCC(CO)c1ccccc1. The molecule has 0 saturated heterocycles. The zero-order chi connectivity index (χ0) is 20.4. The first-order chi connectivity index (χ1) is 13.5. The van der Waals surface area contributed by atoms with E-state index in [-0.39, 0.29) is 24.9 Å². The molecular formula is C21H27ClN4O2. The Morgan fingerprint density at radius 3 is 2.57 bits per heavy atom. The molecule has 0 spiro atoms. The molecule has 7 heteroatoms. The summed E-state index contributed by atoms with van der Waals surface area (Å²) < 4.78 is 0.